The van der Waals surface area contributed by atoms with Gasteiger partial charge in [0.2, 0.25) is 0 Å². The molecule has 0 heterocycles. The van der Waals surface area contributed by atoms with Gasteiger partial charge in [-0.05, 0) is 36.0 Å². The molecule has 1 fully saturated rings. The summed E-state index contributed by atoms with van der Waals surface area (Å²) in [4.78, 5) is 0. The van der Waals surface area contributed by atoms with E-state index in [2.05, 4.69) is 12.3 Å². The summed E-state index contributed by atoms with van der Waals surface area (Å²) in [5.74, 6) is 6.29. The van der Waals surface area contributed by atoms with Crippen LogP contribution in [0.25, 0.3) is 0 Å². The SMILES string of the molecule is CC1CC1C(NN)c1cccc(C(F)(F)F)c1. The Balaban J connectivity index is 2.26. The fraction of sp³-hybridized carbons (Fsp3) is 0.500. The Hall–Kier alpha value is -1.07. The first-order chi connectivity index (χ1) is 7.93. The molecule has 3 N–H and O–H groups in total. The minimum absolute atomic E-state index is 0.188. The highest BCUT2D eigenvalue weighted by Crippen LogP contribution is 2.47. The monoisotopic (exact) mass is 244 g/mol. The largest absolute Gasteiger partial charge is 0.416 e. The summed E-state index contributed by atoms with van der Waals surface area (Å²) in [6.45, 7) is 2.07. The number of benzene rings is 1. The third-order valence-electron chi connectivity index (χ3n) is 3.35. The number of hydrogen-bond acceptors (Lipinski definition) is 2. The zero-order valence-electron chi connectivity index (χ0n) is 9.46. The van der Waals surface area contributed by atoms with Gasteiger partial charge in [0.05, 0.1) is 5.56 Å². The first-order valence-corrected chi connectivity index (χ1v) is 5.56. The average molecular weight is 244 g/mol. The molecule has 0 bridgehead atoms. The van der Waals surface area contributed by atoms with Crippen molar-refractivity contribution < 1.29 is 13.2 Å². The zero-order chi connectivity index (χ0) is 12.6. The van der Waals surface area contributed by atoms with Gasteiger partial charge in [-0.2, -0.15) is 13.2 Å². The van der Waals surface area contributed by atoms with Crippen LogP contribution < -0.4 is 11.3 Å². The molecule has 0 aliphatic heterocycles. The van der Waals surface area contributed by atoms with Gasteiger partial charge in [-0.15, -0.1) is 0 Å². The second kappa shape index (κ2) is 4.31. The molecule has 0 aromatic heterocycles. The van der Waals surface area contributed by atoms with Gasteiger partial charge in [0.1, 0.15) is 0 Å². The van der Waals surface area contributed by atoms with Gasteiger partial charge in [-0.3, -0.25) is 11.3 Å². The fourth-order valence-corrected chi connectivity index (χ4v) is 2.19. The van der Waals surface area contributed by atoms with Crippen LogP contribution in [0.3, 0.4) is 0 Å². The summed E-state index contributed by atoms with van der Waals surface area (Å²) in [7, 11) is 0. The first kappa shape index (κ1) is 12.4. The second-order valence-corrected chi connectivity index (χ2v) is 4.64. The van der Waals surface area contributed by atoms with Crippen molar-refractivity contribution in [1.29, 1.82) is 0 Å². The Bertz CT molecular complexity index is 403. The smallest absolute Gasteiger partial charge is 0.271 e. The van der Waals surface area contributed by atoms with Gasteiger partial charge >= 0.3 is 6.18 Å². The Morgan fingerprint density at radius 3 is 2.53 bits per heavy atom. The minimum Gasteiger partial charge on any atom is -0.271 e. The predicted molar refractivity (Wildman–Crippen MR) is 58.8 cm³/mol. The lowest BCUT2D eigenvalue weighted by Crippen LogP contribution is -2.30. The van der Waals surface area contributed by atoms with Gasteiger partial charge in [0.15, 0.2) is 0 Å². The van der Waals surface area contributed by atoms with E-state index < -0.39 is 11.7 Å². The number of alkyl halides is 3. The number of nitrogens with two attached hydrogens (primary N) is 1. The highest BCUT2D eigenvalue weighted by Gasteiger charge is 2.40. The summed E-state index contributed by atoms with van der Waals surface area (Å²) >= 11 is 0. The number of hydrogen-bond donors (Lipinski definition) is 2. The van der Waals surface area contributed by atoms with Crippen molar-refractivity contribution in [2.45, 2.75) is 25.6 Å². The molecule has 1 saturated carbocycles. The average Bonchev–Trinajstić information content (AvgIpc) is 2.96. The summed E-state index contributed by atoms with van der Waals surface area (Å²) in [5.41, 5.74) is 2.61. The predicted octanol–water partition coefficient (Wildman–Crippen LogP) is 2.87. The number of nitrogens with one attached hydrogen (secondary N) is 1. The number of halogens is 3. The molecule has 1 aromatic carbocycles. The van der Waals surface area contributed by atoms with Crippen LogP contribution >= 0.6 is 0 Å². The normalized spacial score (nSPS) is 25.7. The van der Waals surface area contributed by atoms with E-state index in [9.17, 15) is 13.2 Å². The molecule has 0 spiro atoms. The van der Waals surface area contributed by atoms with E-state index in [1.54, 1.807) is 6.07 Å². The Morgan fingerprint density at radius 1 is 1.41 bits per heavy atom. The maximum Gasteiger partial charge on any atom is 0.416 e. The quantitative estimate of drug-likeness (QED) is 0.633. The topological polar surface area (TPSA) is 38.0 Å². The van der Waals surface area contributed by atoms with Crippen LogP contribution in [0.1, 0.15) is 30.5 Å². The maximum atomic E-state index is 12.6. The van der Waals surface area contributed by atoms with Gasteiger partial charge in [0.25, 0.3) is 0 Å². The lowest BCUT2D eigenvalue weighted by atomic mass is 9.99. The van der Waals surface area contributed by atoms with Crippen molar-refractivity contribution in [3.63, 3.8) is 0 Å². The molecule has 3 unspecified atom stereocenters. The van der Waals surface area contributed by atoms with Gasteiger partial charge in [-0.1, -0.05) is 19.1 Å². The molecule has 2 nitrogen and oxygen atoms in total. The molecule has 1 aliphatic carbocycles. The van der Waals surface area contributed by atoms with Gasteiger partial charge in [-0.25, -0.2) is 0 Å². The van der Waals surface area contributed by atoms with E-state index >= 15 is 0 Å². The van der Waals surface area contributed by atoms with Crippen LogP contribution in [0.5, 0.6) is 0 Å². The first-order valence-electron chi connectivity index (χ1n) is 5.56. The summed E-state index contributed by atoms with van der Waals surface area (Å²) in [6, 6.07) is 5.18. The van der Waals surface area contributed by atoms with Crippen LogP contribution in [0.4, 0.5) is 13.2 Å². The molecule has 17 heavy (non-hydrogen) atoms. The van der Waals surface area contributed by atoms with E-state index in [4.69, 9.17) is 5.84 Å². The molecule has 1 aromatic rings. The van der Waals surface area contributed by atoms with Crippen molar-refractivity contribution >= 4 is 0 Å². The Kier molecular flexibility index (Phi) is 3.14. The van der Waals surface area contributed by atoms with Gasteiger partial charge < -0.3 is 0 Å². The van der Waals surface area contributed by atoms with Gasteiger partial charge in [0, 0.05) is 6.04 Å². The van der Waals surface area contributed by atoms with Crippen LogP contribution in [0, 0.1) is 11.8 Å². The molecular formula is C12H15F3N2. The minimum atomic E-state index is -4.30. The summed E-state index contributed by atoms with van der Waals surface area (Å²) in [6.07, 6.45) is -3.30. The number of rotatable bonds is 3. The summed E-state index contributed by atoms with van der Waals surface area (Å²) < 4.78 is 37.7. The lowest BCUT2D eigenvalue weighted by Gasteiger charge is -2.17. The van der Waals surface area contributed by atoms with E-state index in [1.165, 1.54) is 12.1 Å². The molecule has 5 heteroatoms. The summed E-state index contributed by atoms with van der Waals surface area (Å²) in [5, 5.41) is 0. The molecular weight excluding hydrogens is 229 g/mol. The lowest BCUT2D eigenvalue weighted by molar-refractivity contribution is -0.137. The second-order valence-electron chi connectivity index (χ2n) is 4.64. The van der Waals surface area contributed by atoms with Crippen molar-refractivity contribution in [2.75, 3.05) is 0 Å². The van der Waals surface area contributed by atoms with Crippen molar-refractivity contribution in [3.05, 3.63) is 35.4 Å². The number of hydrazine groups is 1. The van der Waals surface area contributed by atoms with Crippen molar-refractivity contribution in [2.24, 2.45) is 17.7 Å². The molecule has 2 rings (SSSR count). The third kappa shape index (κ3) is 2.61. The van der Waals surface area contributed by atoms with Crippen molar-refractivity contribution in [1.82, 2.24) is 5.43 Å². The Labute approximate surface area is 98.0 Å². The van der Waals surface area contributed by atoms with E-state index in [0.717, 1.165) is 12.5 Å². The van der Waals surface area contributed by atoms with E-state index in [0.29, 0.717) is 17.4 Å². The molecule has 0 radical (unpaired) electrons. The molecule has 0 saturated heterocycles. The fourth-order valence-electron chi connectivity index (χ4n) is 2.19. The van der Waals surface area contributed by atoms with Crippen molar-refractivity contribution in [3.8, 4) is 0 Å². The maximum absolute atomic E-state index is 12.6. The highest BCUT2D eigenvalue weighted by molar-refractivity contribution is 5.29. The molecule has 1 aliphatic rings. The van der Waals surface area contributed by atoms with E-state index in [1.807, 2.05) is 0 Å². The van der Waals surface area contributed by atoms with Crippen LogP contribution in [-0.2, 0) is 6.18 Å². The van der Waals surface area contributed by atoms with Crippen LogP contribution in [0.2, 0.25) is 0 Å². The molecule has 3 atom stereocenters. The molecule has 0 amide bonds. The van der Waals surface area contributed by atoms with E-state index in [-0.39, 0.29) is 6.04 Å². The third-order valence-corrected chi connectivity index (χ3v) is 3.35. The van der Waals surface area contributed by atoms with Crippen LogP contribution in [-0.4, -0.2) is 0 Å². The highest BCUT2D eigenvalue weighted by atomic mass is 19.4. The van der Waals surface area contributed by atoms with Crippen LogP contribution in [0.15, 0.2) is 24.3 Å². The Morgan fingerprint density at radius 2 is 2.06 bits per heavy atom. The standard InChI is InChI=1S/C12H15F3N2/c1-7-5-10(7)11(17-16)8-3-2-4-9(6-8)12(13,14)15/h2-4,6-7,10-11,17H,5,16H2,1H3. The molecule has 94 valence electrons. The zero-order valence-corrected chi connectivity index (χ0v) is 9.46.